The zero-order chi connectivity index (χ0) is 24.0. The number of anilines is 2. The molecule has 0 fully saturated rings. The zero-order valence-electron chi connectivity index (χ0n) is 19.6. The van der Waals surface area contributed by atoms with Crippen molar-refractivity contribution >= 4 is 28.6 Å². The Morgan fingerprint density at radius 1 is 1.03 bits per heavy atom. The van der Waals surface area contributed by atoms with E-state index in [4.69, 9.17) is 4.98 Å². The Balaban J connectivity index is 1.65. The van der Waals surface area contributed by atoms with E-state index in [-0.39, 0.29) is 18.2 Å². The Kier molecular flexibility index (Phi) is 5.43. The van der Waals surface area contributed by atoms with Crippen molar-refractivity contribution in [3.63, 3.8) is 0 Å². The zero-order valence-corrected chi connectivity index (χ0v) is 19.6. The molecule has 0 radical (unpaired) electrons. The highest BCUT2D eigenvalue weighted by molar-refractivity contribution is 5.96. The summed E-state index contributed by atoms with van der Waals surface area (Å²) < 4.78 is 4.28. The lowest BCUT2D eigenvalue weighted by atomic mass is 10.1. The maximum Gasteiger partial charge on any atom is 0.332 e. The van der Waals surface area contributed by atoms with E-state index in [9.17, 15) is 14.4 Å². The lowest BCUT2D eigenvalue weighted by Crippen LogP contribution is -2.42. The van der Waals surface area contributed by atoms with E-state index in [1.54, 1.807) is 31.3 Å². The molecule has 2 aromatic heterocycles. The molecule has 0 saturated carbocycles. The van der Waals surface area contributed by atoms with Gasteiger partial charge in [-0.2, -0.15) is 4.98 Å². The molecule has 4 aromatic rings. The first-order chi connectivity index (χ1) is 16.4. The fraction of sp³-hybridized carbons (Fsp3) is 0.308. The lowest BCUT2D eigenvalue weighted by Gasteiger charge is -2.33. The van der Waals surface area contributed by atoms with Crippen molar-refractivity contribution < 1.29 is 4.79 Å². The molecule has 0 bridgehead atoms. The average Bonchev–Trinajstić information content (AvgIpc) is 3.25. The SMILES string of the molecule is CCc1ccc(N2CC(C)Cn3c2nc2c3c(=O)n(CC(=O)c3ccccc3)c(=O)n2C)cc1. The van der Waals surface area contributed by atoms with Crippen molar-refractivity contribution in [1.29, 1.82) is 0 Å². The highest BCUT2D eigenvalue weighted by Gasteiger charge is 2.30. The number of Topliss-reactive ketones (excluding diaryl/α,β-unsaturated/α-hetero) is 1. The topological polar surface area (TPSA) is 82.1 Å². The Labute approximate surface area is 196 Å². The van der Waals surface area contributed by atoms with Crippen molar-refractivity contribution in [1.82, 2.24) is 18.7 Å². The van der Waals surface area contributed by atoms with Crippen LogP contribution in [0.5, 0.6) is 0 Å². The van der Waals surface area contributed by atoms with Crippen LogP contribution in [0.25, 0.3) is 11.2 Å². The van der Waals surface area contributed by atoms with Gasteiger partial charge >= 0.3 is 5.69 Å². The monoisotopic (exact) mass is 457 g/mol. The number of imidazole rings is 1. The van der Waals surface area contributed by atoms with E-state index < -0.39 is 11.2 Å². The predicted molar refractivity (Wildman–Crippen MR) is 132 cm³/mol. The van der Waals surface area contributed by atoms with Crippen LogP contribution >= 0.6 is 0 Å². The molecule has 1 unspecified atom stereocenters. The van der Waals surface area contributed by atoms with E-state index in [0.29, 0.717) is 29.2 Å². The number of nitrogens with zero attached hydrogens (tertiary/aromatic N) is 5. The summed E-state index contributed by atoms with van der Waals surface area (Å²) in [6.07, 6.45) is 0.957. The van der Waals surface area contributed by atoms with Crippen LogP contribution in [0.4, 0.5) is 11.6 Å². The van der Waals surface area contributed by atoms with E-state index in [0.717, 1.165) is 23.2 Å². The number of rotatable bonds is 5. The molecule has 174 valence electrons. The van der Waals surface area contributed by atoms with E-state index in [1.807, 2.05) is 10.6 Å². The fourth-order valence-electron chi connectivity index (χ4n) is 4.63. The Morgan fingerprint density at radius 3 is 2.41 bits per heavy atom. The molecule has 1 aliphatic rings. The summed E-state index contributed by atoms with van der Waals surface area (Å²) >= 11 is 0. The summed E-state index contributed by atoms with van der Waals surface area (Å²) in [6, 6.07) is 17.0. The van der Waals surface area contributed by atoms with Gasteiger partial charge in [0.2, 0.25) is 5.95 Å². The van der Waals surface area contributed by atoms with Gasteiger partial charge in [-0.25, -0.2) is 4.79 Å². The predicted octanol–water partition coefficient (Wildman–Crippen LogP) is 3.13. The largest absolute Gasteiger partial charge is 0.332 e. The molecule has 5 rings (SSSR count). The number of hydrogen-bond donors (Lipinski definition) is 0. The summed E-state index contributed by atoms with van der Waals surface area (Å²) in [5.74, 6) is 0.604. The van der Waals surface area contributed by atoms with Gasteiger partial charge in [0, 0.05) is 31.4 Å². The maximum absolute atomic E-state index is 13.6. The van der Waals surface area contributed by atoms with Crippen LogP contribution in [0.2, 0.25) is 0 Å². The molecule has 1 aliphatic heterocycles. The second-order valence-corrected chi connectivity index (χ2v) is 8.95. The van der Waals surface area contributed by atoms with Gasteiger partial charge in [-0.3, -0.25) is 18.7 Å². The number of carbonyl (C=O) groups is 1. The average molecular weight is 458 g/mol. The summed E-state index contributed by atoms with van der Waals surface area (Å²) in [7, 11) is 1.59. The number of hydrogen-bond acceptors (Lipinski definition) is 5. The van der Waals surface area contributed by atoms with E-state index in [2.05, 4.69) is 43.0 Å². The second-order valence-electron chi connectivity index (χ2n) is 8.95. The third kappa shape index (κ3) is 3.55. The molecule has 0 aliphatic carbocycles. The summed E-state index contributed by atoms with van der Waals surface area (Å²) in [6.45, 7) is 5.29. The molecule has 8 heteroatoms. The number of aromatic nitrogens is 4. The first-order valence-corrected chi connectivity index (χ1v) is 11.5. The minimum Gasteiger partial charge on any atom is -0.312 e. The molecule has 34 heavy (non-hydrogen) atoms. The van der Waals surface area contributed by atoms with Crippen molar-refractivity contribution in [3.8, 4) is 0 Å². The molecule has 0 saturated heterocycles. The van der Waals surface area contributed by atoms with Crippen LogP contribution in [-0.2, 0) is 26.6 Å². The maximum atomic E-state index is 13.6. The van der Waals surface area contributed by atoms with Gasteiger partial charge in [-0.15, -0.1) is 0 Å². The van der Waals surface area contributed by atoms with Crippen LogP contribution in [0.3, 0.4) is 0 Å². The van der Waals surface area contributed by atoms with Crippen molar-refractivity contribution in [2.45, 2.75) is 33.4 Å². The van der Waals surface area contributed by atoms with Crippen LogP contribution in [0, 0.1) is 5.92 Å². The van der Waals surface area contributed by atoms with Gasteiger partial charge in [0.05, 0.1) is 6.54 Å². The Bertz CT molecular complexity index is 1500. The third-order valence-corrected chi connectivity index (χ3v) is 6.50. The minimum absolute atomic E-state index is 0.256. The highest BCUT2D eigenvalue weighted by atomic mass is 16.2. The molecule has 0 spiro atoms. The fourth-order valence-corrected chi connectivity index (χ4v) is 4.63. The van der Waals surface area contributed by atoms with E-state index in [1.165, 1.54) is 10.1 Å². The number of carbonyl (C=O) groups excluding carboxylic acids is 1. The molecule has 2 aromatic carbocycles. The Hall–Kier alpha value is -3.94. The van der Waals surface area contributed by atoms with Crippen LogP contribution in [0.1, 0.15) is 29.8 Å². The van der Waals surface area contributed by atoms with Gasteiger partial charge in [-0.05, 0) is 30.0 Å². The molecular weight excluding hydrogens is 430 g/mol. The smallest absolute Gasteiger partial charge is 0.312 e. The number of fused-ring (bicyclic) bond motifs is 3. The van der Waals surface area contributed by atoms with Crippen LogP contribution in [-0.4, -0.2) is 31.0 Å². The molecule has 3 heterocycles. The van der Waals surface area contributed by atoms with Crippen molar-refractivity contribution in [3.05, 3.63) is 86.6 Å². The summed E-state index contributed by atoms with van der Waals surface area (Å²) in [5, 5.41) is 0. The summed E-state index contributed by atoms with van der Waals surface area (Å²) in [5.41, 5.74) is 2.33. The molecule has 1 atom stereocenters. The normalized spacial score (nSPS) is 15.5. The third-order valence-electron chi connectivity index (χ3n) is 6.50. The standard InChI is InChI=1S/C26H27N5O3/c1-4-18-10-12-20(13-11-18)29-14-17(2)15-30-22-23(27-25(29)30)28(3)26(34)31(24(22)33)16-21(32)19-8-6-5-7-9-19/h5-13,17H,4,14-16H2,1-3H3. The highest BCUT2D eigenvalue weighted by Crippen LogP contribution is 2.32. The van der Waals surface area contributed by atoms with Gasteiger partial charge in [-0.1, -0.05) is 56.3 Å². The van der Waals surface area contributed by atoms with E-state index >= 15 is 0 Å². The van der Waals surface area contributed by atoms with Crippen LogP contribution < -0.4 is 16.1 Å². The first kappa shape index (κ1) is 21.9. The minimum atomic E-state index is -0.552. The van der Waals surface area contributed by atoms with Gasteiger partial charge in [0.15, 0.2) is 16.9 Å². The molecule has 8 nitrogen and oxygen atoms in total. The molecule has 0 N–H and O–H groups in total. The quantitative estimate of drug-likeness (QED) is 0.430. The number of benzene rings is 2. The van der Waals surface area contributed by atoms with Gasteiger partial charge in [0.1, 0.15) is 0 Å². The lowest BCUT2D eigenvalue weighted by molar-refractivity contribution is 0.0969. The van der Waals surface area contributed by atoms with Crippen molar-refractivity contribution in [2.24, 2.45) is 13.0 Å². The second kappa shape index (κ2) is 8.44. The van der Waals surface area contributed by atoms with Crippen LogP contribution in [0.15, 0.2) is 64.2 Å². The summed E-state index contributed by atoms with van der Waals surface area (Å²) in [4.78, 5) is 46.3. The molecule has 0 amide bonds. The van der Waals surface area contributed by atoms with Crippen molar-refractivity contribution in [2.75, 3.05) is 11.4 Å². The number of aryl methyl sites for hydroxylation is 2. The first-order valence-electron chi connectivity index (χ1n) is 11.5. The molecular formula is C26H27N5O3. The Morgan fingerprint density at radius 2 is 1.74 bits per heavy atom. The van der Waals surface area contributed by atoms with Gasteiger partial charge < -0.3 is 9.47 Å². The number of ketones is 1. The van der Waals surface area contributed by atoms with Gasteiger partial charge in [0.25, 0.3) is 5.56 Å².